The number of aromatic nitrogens is 2. The Morgan fingerprint density at radius 2 is 2.10 bits per heavy atom. The van der Waals surface area contributed by atoms with E-state index in [0.29, 0.717) is 5.01 Å². The fraction of sp³-hybridized carbons (Fsp3) is 0.636. The van der Waals surface area contributed by atoms with E-state index >= 15 is 0 Å². The van der Waals surface area contributed by atoms with Crippen LogP contribution in [0.4, 0.5) is 4.79 Å². The topological polar surface area (TPSA) is 103 Å². The molecule has 0 saturated carbocycles. The van der Waals surface area contributed by atoms with Crippen LogP contribution in [0, 0.1) is 0 Å². The molecule has 0 atom stereocenters. The summed E-state index contributed by atoms with van der Waals surface area (Å²) in [6.45, 7) is 4.98. The van der Waals surface area contributed by atoms with Crippen LogP contribution in [-0.2, 0) is 27.4 Å². The van der Waals surface area contributed by atoms with E-state index in [0.717, 1.165) is 16.0 Å². The van der Waals surface area contributed by atoms with Gasteiger partial charge in [-0.25, -0.2) is 9.48 Å². The zero-order valence-electron chi connectivity index (χ0n) is 11.7. The van der Waals surface area contributed by atoms with Crippen molar-refractivity contribution >= 4 is 23.4 Å². The van der Waals surface area contributed by atoms with Crippen molar-refractivity contribution in [2.45, 2.75) is 39.5 Å². The number of nitrogens with zero attached hydrogens (tertiary/aromatic N) is 3. The van der Waals surface area contributed by atoms with Gasteiger partial charge in [-0.15, -0.1) is 4.99 Å². The van der Waals surface area contributed by atoms with Crippen LogP contribution in [0.15, 0.2) is 4.99 Å². The molecule has 1 amide bonds. The van der Waals surface area contributed by atoms with E-state index in [-0.39, 0.29) is 18.0 Å². The summed E-state index contributed by atoms with van der Waals surface area (Å²) in [6.07, 6.45) is -0.788. The van der Waals surface area contributed by atoms with E-state index in [1.54, 1.807) is 20.8 Å². The number of hydrogen-bond donors (Lipinski definition) is 1. The molecule has 0 radical (unpaired) electrons. The van der Waals surface area contributed by atoms with Gasteiger partial charge in [0.05, 0.1) is 6.61 Å². The molecule has 1 rings (SSSR count). The monoisotopic (exact) mass is 303 g/mol. The van der Waals surface area contributed by atoms with E-state index in [4.69, 9.17) is 14.6 Å². The van der Waals surface area contributed by atoms with Crippen molar-refractivity contribution in [3.8, 4) is 0 Å². The average molecular weight is 303 g/mol. The first-order chi connectivity index (χ1) is 9.21. The van der Waals surface area contributed by atoms with Crippen LogP contribution in [0.1, 0.15) is 25.8 Å². The maximum atomic E-state index is 11.6. The van der Waals surface area contributed by atoms with Gasteiger partial charge in [0.15, 0.2) is 0 Å². The van der Waals surface area contributed by atoms with Gasteiger partial charge in [0.2, 0.25) is 4.80 Å². The van der Waals surface area contributed by atoms with Crippen LogP contribution in [0.3, 0.4) is 0 Å². The van der Waals surface area contributed by atoms with Gasteiger partial charge in [0, 0.05) is 7.11 Å². The molecule has 0 fully saturated rings. The van der Waals surface area contributed by atoms with E-state index in [2.05, 4.69) is 10.1 Å². The van der Waals surface area contributed by atoms with Crippen molar-refractivity contribution in [2.24, 2.45) is 4.99 Å². The number of ether oxygens (including phenoxy) is 2. The second kappa shape index (κ2) is 6.62. The van der Waals surface area contributed by atoms with Crippen molar-refractivity contribution in [1.29, 1.82) is 0 Å². The maximum absolute atomic E-state index is 11.6. The van der Waals surface area contributed by atoms with E-state index < -0.39 is 17.7 Å². The molecule has 0 spiro atoms. The first kappa shape index (κ1) is 16.3. The Bertz CT molecular complexity index is 555. The summed E-state index contributed by atoms with van der Waals surface area (Å²) in [6, 6.07) is 0. The smallest absolute Gasteiger partial charge is 0.436 e. The Morgan fingerprint density at radius 3 is 2.60 bits per heavy atom. The zero-order chi connectivity index (χ0) is 15.3. The Kier molecular flexibility index (Phi) is 5.40. The van der Waals surface area contributed by atoms with Crippen molar-refractivity contribution in [3.63, 3.8) is 0 Å². The van der Waals surface area contributed by atoms with Gasteiger partial charge < -0.3 is 14.6 Å². The summed E-state index contributed by atoms with van der Waals surface area (Å²) in [5.41, 5.74) is -0.668. The first-order valence-corrected chi connectivity index (χ1v) is 6.58. The zero-order valence-corrected chi connectivity index (χ0v) is 12.6. The summed E-state index contributed by atoms with van der Waals surface area (Å²) < 4.78 is 11.1. The molecule has 1 aromatic rings. The van der Waals surface area contributed by atoms with Crippen molar-refractivity contribution in [3.05, 3.63) is 9.81 Å². The molecule has 0 bridgehead atoms. The molecule has 112 valence electrons. The van der Waals surface area contributed by atoms with Crippen molar-refractivity contribution in [1.82, 2.24) is 9.78 Å². The molecule has 0 aliphatic rings. The molecule has 0 unspecified atom stereocenters. The first-order valence-electron chi connectivity index (χ1n) is 5.76. The van der Waals surface area contributed by atoms with E-state index in [1.807, 2.05) is 0 Å². The third-order valence-corrected chi connectivity index (χ3v) is 2.72. The number of aliphatic carboxylic acids is 1. The van der Waals surface area contributed by atoms with Crippen LogP contribution in [-0.4, -0.2) is 39.7 Å². The predicted molar refractivity (Wildman–Crippen MR) is 70.2 cm³/mol. The number of amides is 1. The van der Waals surface area contributed by atoms with Gasteiger partial charge in [-0.3, -0.25) is 4.79 Å². The number of methoxy groups -OCH3 is 1. The molecule has 1 heterocycles. The summed E-state index contributed by atoms with van der Waals surface area (Å²) in [5.74, 6) is -1.08. The normalized spacial score (nSPS) is 12.5. The number of carboxylic acid groups (broad SMARTS) is 1. The fourth-order valence-corrected chi connectivity index (χ4v) is 2.07. The quantitative estimate of drug-likeness (QED) is 0.890. The van der Waals surface area contributed by atoms with Crippen molar-refractivity contribution in [2.75, 3.05) is 7.11 Å². The van der Waals surface area contributed by atoms with E-state index in [9.17, 15) is 9.59 Å². The molecule has 8 nitrogen and oxygen atoms in total. The molecule has 0 aliphatic heterocycles. The Balaban J connectivity index is 3.07. The maximum Gasteiger partial charge on any atom is 0.436 e. The minimum absolute atomic E-state index is 0.161. The fourth-order valence-electron chi connectivity index (χ4n) is 1.21. The van der Waals surface area contributed by atoms with Crippen LogP contribution in [0.25, 0.3) is 0 Å². The minimum Gasteiger partial charge on any atom is -0.480 e. The second-order valence-electron chi connectivity index (χ2n) is 4.85. The SMILES string of the molecule is COCc1nn(CC(=O)O)/c(=N\C(=O)OC(C)(C)C)s1. The highest BCUT2D eigenvalue weighted by Gasteiger charge is 2.16. The van der Waals surface area contributed by atoms with Crippen LogP contribution >= 0.6 is 11.3 Å². The average Bonchev–Trinajstić information content (AvgIpc) is 2.57. The lowest BCUT2D eigenvalue weighted by atomic mass is 10.2. The van der Waals surface area contributed by atoms with Gasteiger partial charge in [0.25, 0.3) is 0 Å². The molecule has 1 aromatic heterocycles. The number of hydrogen-bond acceptors (Lipinski definition) is 6. The number of rotatable bonds is 4. The molecule has 0 aromatic carbocycles. The molecular weight excluding hydrogens is 286 g/mol. The largest absolute Gasteiger partial charge is 0.480 e. The standard InChI is InChI=1S/C11H17N3O5S/c1-11(2,3)19-10(17)12-9-14(5-8(15)16)13-7(20-9)6-18-4/h5-6H2,1-4H3,(H,15,16)/b12-9+. The van der Waals surface area contributed by atoms with Gasteiger partial charge in [-0.05, 0) is 20.8 Å². The van der Waals surface area contributed by atoms with E-state index in [1.165, 1.54) is 7.11 Å². The molecular formula is C11H17N3O5S. The number of carbonyl (C=O) groups excluding carboxylic acids is 1. The Morgan fingerprint density at radius 1 is 1.45 bits per heavy atom. The predicted octanol–water partition coefficient (Wildman–Crippen LogP) is 1.01. The highest BCUT2D eigenvalue weighted by Crippen LogP contribution is 2.08. The Hall–Kier alpha value is -1.74. The lowest BCUT2D eigenvalue weighted by Gasteiger charge is -2.16. The number of carbonyl (C=O) groups is 2. The summed E-state index contributed by atoms with van der Waals surface area (Å²) in [7, 11) is 1.49. The van der Waals surface area contributed by atoms with Gasteiger partial charge in [0.1, 0.15) is 17.2 Å². The molecule has 1 N–H and O–H groups in total. The van der Waals surface area contributed by atoms with Crippen LogP contribution in [0.5, 0.6) is 0 Å². The summed E-state index contributed by atoms with van der Waals surface area (Å²) >= 11 is 1.08. The molecule has 20 heavy (non-hydrogen) atoms. The number of carboxylic acids is 1. The van der Waals surface area contributed by atoms with Gasteiger partial charge >= 0.3 is 12.1 Å². The molecule has 0 saturated heterocycles. The van der Waals surface area contributed by atoms with Gasteiger partial charge in [-0.1, -0.05) is 11.3 Å². The Labute approximate surface area is 119 Å². The lowest BCUT2D eigenvalue weighted by molar-refractivity contribution is -0.138. The van der Waals surface area contributed by atoms with Crippen molar-refractivity contribution < 1.29 is 24.2 Å². The van der Waals surface area contributed by atoms with Gasteiger partial charge in [-0.2, -0.15) is 5.10 Å². The third kappa shape index (κ3) is 5.49. The highest BCUT2D eigenvalue weighted by molar-refractivity contribution is 7.08. The highest BCUT2D eigenvalue weighted by atomic mass is 32.1. The second-order valence-corrected chi connectivity index (χ2v) is 5.90. The summed E-state index contributed by atoms with van der Waals surface area (Å²) in [4.78, 5) is 26.3. The lowest BCUT2D eigenvalue weighted by Crippen LogP contribution is -2.26. The van der Waals surface area contributed by atoms with Crippen LogP contribution < -0.4 is 4.80 Å². The summed E-state index contributed by atoms with van der Waals surface area (Å²) in [5, 5.41) is 13.3. The minimum atomic E-state index is -1.08. The van der Waals surface area contributed by atoms with Crippen LogP contribution in [0.2, 0.25) is 0 Å². The molecule has 9 heteroatoms. The molecule has 0 aliphatic carbocycles. The third-order valence-electron chi connectivity index (χ3n) is 1.80.